The Kier molecular flexibility index (Phi) is 8.60. The Balaban J connectivity index is 1.35. The summed E-state index contributed by atoms with van der Waals surface area (Å²) in [7, 11) is 0. The summed E-state index contributed by atoms with van der Waals surface area (Å²) in [6.45, 7) is 0.562. The van der Waals surface area contributed by atoms with Gasteiger partial charge in [-0.15, -0.1) is 11.3 Å². The molecular weight excluding hydrogens is 482 g/mol. The molecule has 3 rings (SSSR count). The molecule has 4 N–H and O–H groups in total. The number of primary amides is 1. The zero-order valence-corrected chi connectivity index (χ0v) is 19.2. The van der Waals surface area contributed by atoms with Crippen LogP contribution in [0.15, 0.2) is 50.8 Å². The van der Waals surface area contributed by atoms with Gasteiger partial charge in [-0.1, -0.05) is 45.7 Å². The number of aromatic nitrogens is 2. The molecule has 31 heavy (non-hydrogen) atoms. The Bertz CT molecular complexity index is 975. The van der Waals surface area contributed by atoms with Gasteiger partial charge < -0.3 is 20.9 Å². The molecule has 3 aromatic rings. The number of halogens is 1. The molecule has 8 nitrogen and oxygen atoms in total. The van der Waals surface area contributed by atoms with Gasteiger partial charge in [0, 0.05) is 17.4 Å². The summed E-state index contributed by atoms with van der Waals surface area (Å²) in [6, 6.07) is 10.2. The van der Waals surface area contributed by atoms with Crippen molar-refractivity contribution in [2.75, 3.05) is 6.54 Å². The highest BCUT2D eigenvalue weighted by molar-refractivity contribution is 9.10. The molecule has 0 unspecified atom stereocenters. The van der Waals surface area contributed by atoms with Crippen molar-refractivity contribution in [3.63, 3.8) is 0 Å². The molecule has 1 aromatic carbocycles. The lowest BCUT2D eigenvalue weighted by molar-refractivity contribution is -0.121. The minimum Gasteiger partial charge on any atom is -0.356 e. The predicted molar refractivity (Wildman–Crippen MR) is 122 cm³/mol. The van der Waals surface area contributed by atoms with E-state index < -0.39 is 12.1 Å². The van der Waals surface area contributed by atoms with Gasteiger partial charge in [-0.2, -0.15) is 4.98 Å². The van der Waals surface area contributed by atoms with E-state index in [9.17, 15) is 9.59 Å². The number of hydrogen-bond donors (Lipinski definition) is 3. The first kappa shape index (κ1) is 23.0. The second-order valence-electron chi connectivity index (χ2n) is 6.97. The monoisotopic (exact) mass is 505 g/mol. The average Bonchev–Trinajstić information content (AvgIpc) is 3.42. The maximum atomic E-state index is 12.3. The smallest absolute Gasteiger partial charge is 0.312 e. The van der Waals surface area contributed by atoms with Crippen molar-refractivity contribution in [1.82, 2.24) is 20.8 Å². The molecular formula is C21H24BrN5O3S. The molecule has 0 aliphatic rings. The van der Waals surface area contributed by atoms with E-state index in [1.54, 1.807) is 11.3 Å². The summed E-state index contributed by atoms with van der Waals surface area (Å²) < 4.78 is 6.20. The fraction of sp³-hybridized carbons (Fsp3) is 0.333. The van der Waals surface area contributed by atoms with E-state index >= 15 is 0 Å². The number of hydrogen-bond acceptors (Lipinski definition) is 6. The van der Waals surface area contributed by atoms with Crippen LogP contribution in [0.25, 0.3) is 10.7 Å². The van der Waals surface area contributed by atoms with E-state index in [-0.39, 0.29) is 12.3 Å². The van der Waals surface area contributed by atoms with Crippen molar-refractivity contribution in [3.05, 3.63) is 57.7 Å². The van der Waals surface area contributed by atoms with Gasteiger partial charge in [0.25, 0.3) is 0 Å². The summed E-state index contributed by atoms with van der Waals surface area (Å²) in [4.78, 5) is 29.0. The number of carbonyl (C=O) groups excluding carboxylic acids is 2. The number of thiophene rings is 1. The number of aryl methyl sites for hydroxylation is 1. The van der Waals surface area contributed by atoms with E-state index in [1.165, 1.54) is 0 Å². The Morgan fingerprint density at radius 2 is 1.97 bits per heavy atom. The lowest BCUT2D eigenvalue weighted by Gasteiger charge is -2.18. The summed E-state index contributed by atoms with van der Waals surface area (Å²) >= 11 is 4.95. The van der Waals surface area contributed by atoms with Gasteiger partial charge in [0.15, 0.2) is 0 Å². The summed E-state index contributed by atoms with van der Waals surface area (Å²) in [6.07, 6.45) is 3.49. The van der Waals surface area contributed by atoms with Gasteiger partial charge in [0.2, 0.25) is 17.6 Å². The molecule has 2 aromatic heterocycles. The molecule has 0 aliphatic heterocycles. The van der Waals surface area contributed by atoms with Crippen LogP contribution in [-0.4, -0.2) is 28.6 Å². The third-order valence-electron chi connectivity index (χ3n) is 4.58. The van der Waals surface area contributed by atoms with Crippen LogP contribution in [0.3, 0.4) is 0 Å². The highest BCUT2D eigenvalue weighted by Crippen LogP contribution is 2.22. The molecule has 0 saturated heterocycles. The maximum Gasteiger partial charge on any atom is 0.312 e. The molecule has 1 atom stereocenters. The molecule has 10 heteroatoms. The molecule has 0 radical (unpaired) electrons. The van der Waals surface area contributed by atoms with Crippen LogP contribution in [0.1, 0.15) is 43.2 Å². The maximum absolute atomic E-state index is 12.3. The van der Waals surface area contributed by atoms with E-state index in [2.05, 4.69) is 36.7 Å². The zero-order chi connectivity index (χ0) is 22.1. The zero-order valence-electron chi connectivity index (χ0n) is 16.8. The van der Waals surface area contributed by atoms with Gasteiger partial charge >= 0.3 is 6.03 Å². The van der Waals surface area contributed by atoms with Crippen molar-refractivity contribution in [2.24, 2.45) is 5.73 Å². The van der Waals surface area contributed by atoms with Crippen LogP contribution < -0.4 is 16.4 Å². The fourth-order valence-electron chi connectivity index (χ4n) is 3.04. The van der Waals surface area contributed by atoms with Gasteiger partial charge in [0.05, 0.1) is 17.3 Å². The van der Waals surface area contributed by atoms with Crippen molar-refractivity contribution in [2.45, 2.75) is 38.1 Å². The Labute approximate surface area is 192 Å². The van der Waals surface area contributed by atoms with Crippen LogP contribution >= 0.6 is 27.3 Å². The minimum absolute atomic E-state index is 0.123. The number of amides is 3. The van der Waals surface area contributed by atoms with Crippen LogP contribution in [0.2, 0.25) is 0 Å². The number of rotatable bonds is 11. The molecule has 0 spiro atoms. The molecule has 0 bridgehead atoms. The summed E-state index contributed by atoms with van der Waals surface area (Å²) in [5.41, 5.74) is 6.08. The number of urea groups is 1. The molecule has 3 amide bonds. The van der Waals surface area contributed by atoms with Gasteiger partial charge in [-0.05, 0) is 42.0 Å². The standard InChI is InChI=1S/C21H24BrN5O3S/c22-15-9-7-14(8-10-15)16(25-21(23)29)13-18(28)24-11-3-1-2-6-19-26-20(27-30-19)17-5-4-12-31-17/h4-5,7-10,12,16H,1-3,6,11,13H2,(H,24,28)(H3,23,25,29)/t16-/m0/s1. The Morgan fingerprint density at radius 3 is 2.68 bits per heavy atom. The lowest BCUT2D eigenvalue weighted by atomic mass is 10.0. The highest BCUT2D eigenvalue weighted by Gasteiger charge is 2.17. The third-order valence-corrected chi connectivity index (χ3v) is 5.97. The fourth-order valence-corrected chi connectivity index (χ4v) is 3.96. The lowest BCUT2D eigenvalue weighted by Crippen LogP contribution is -2.36. The van der Waals surface area contributed by atoms with Gasteiger partial charge in [-0.3, -0.25) is 4.79 Å². The van der Waals surface area contributed by atoms with E-state index in [0.717, 1.165) is 34.2 Å². The summed E-state index contributed by atoms with van der Waals surface area (Å²) in [5, 5.41) is 11.5. The first-order valence-corrected chi connectivity index (χ1v) is 11.6. The number of carbonyl (C=O) groups is 2. The molecule has 2 heterocycles. The molecule has 164 valence electrons. The van der Waals surface area contributed by atoms with Crippen molar-refractivity contribution in [3.8, 4) is 10.7 Å². The first-order chi connectivity index (χ1) is 15.0. The van der Waals surface area contributed by atoms with Crippen LogP contribution in [0, 0.1) is 0 Å². The largest absolute Gasteiger partial charge is 0.356 e. The normalized spacial score (nSPS) is 11.8. The first-order valence-electron chi connectivity index (χ1n) is 9.96. The quantitative estimate of drug-likeness (QED) is 0.337. The number of benzene rings is 1. The van der Waals surface area contributed by atoms with Crippen molar-refractivity contribution < 1.29 is 14.1 Å². The third kappa shape index (κ3) is 7.48. The van der Waals surface area contributed by atoms with Gasteiger partial charge in [-0.25, -0.2) is 4.79 Å². The van der Waals surface area contributed by atoms with E-state index in [4.69, 9.17) is 10.3 Å². The van der Waals surface area contributed by atoms with Crippen LogP contribution in [0.4, 0.5) is 4.79 Å². The minimum atomic E-state index is -0.663. The number of nitrogens with zero attached hydrogens (tertiary/aromatic N) is 2. The van der Waals surface area contributed by atoms with Gasteiger partial charge in [0.1, 0.15) is 0 Å². The number of nitrogens with two attached hydrogens (primary N) is 1. The van der Waals surface area contributed by atoms with Crippen LogP contribution in [0.5, 0.6) is 0 Å². The number of nitrogens with one attached hydrogen (secondary N) is 2. The Hall–Kier alpha value is -2.72. The topological polar surface area (TPSA) is 123 Å². The molecule has 0 fully saturated rings. The summed E-state index contributed by atoms with van der Waals surface area (Å²) in [5.74, 6) is 1.11. The van der Waals surface area contributed by atoms with Crippen LogP contribution in [-0.2, 0) is 11.2 Å². The van der Waals surface area contributed by atoms with E-state index in [0.29, 0.717) is 24.7 Å². The average molecular weight is 506 g/mol. The predicted octanol–water partition coefficient (Wildman–Crippen LogP) is 4.19. The second-order valence-corrected chi connectivity index (χ2v) is 8.83. The van der Waals surface area contributed by atoms with Crippen molar-refractivity contribution in [1.29, 1.82) is 0 Å². The second kappa shape index (κ2) is 11.6. The molecule has 0 saturated carbocycles. The SMILES string of the molecule is NC(=O)N[C@@H](CC(=O)NCCCCCc1nc(-c2cccs2)no1)c1ccc(Br)cc1. The van der Waals surface area contributed by atoms with Crippen molar-refractivity contribution >= 4 is 39.2 Å². The Morgan fingerprint density at radius 1 is 1.16 bits per heavy atom. The molecule has 0 aliphatic carbocycles. The highest BCUT2D eigenvalue weighted by atomic mass is 79.9. The van der Waals surface area contributed by atoms with E-state index in [1.807, 2.05) is 41.8 Å². The number of unbranched alkanes of at least 4 members (excludes halogenated alkanes) is 2.